The van der Waals surface area contributed by atoms with Crippen LogP contribution < -0.4 is 0 Å². The van der Waals surface area contributed by atoms with Crippen molar-refractivity contribution in [2.24, 2.45) is 0 Å². The molecule has 0 aromatic carbocycles. The van der Waals surface area contributed by atoms with Gasteiger partial charge in [-0.1, -0.05) is 19.5 Å². The summed E-state index contributed by atoms with van der Waals surface area (Å²) in [6.45, 7) is 12.2. The fraction of sp³-hybridized carbons (Fsp3) is 1.00. The molecule has 0 aliphatic heterocycles. The molecule has 0 heterocycles. The minimum Gasteiger partial charge on any atom is -0.374 e. The quantitative estimate of drug-likeness (QED) is 0.453. The number of hydrogen-bond donors (Lipinski definition) is 0. The van der Waals surface area contributed by atoms with E-state index < -0.39 is 16.2 Å². The largest absolute Gasteiger partial charge is 0.500 e. The second kappa shape index (κ2) is 8.66. The van der Waals surface area contributed by atoms with Gasteiger partial charge in [-0.3, -0.25) is 0 Å². The van der Waals surface area contributed by atoms with Crippen LogP contribution in [-0.4, -0.2) is 36.0 Å². The van der Waals surface area contributed by atoms with Crippen LogP contribution in [0.4, 0.5) is 0 Å². The van der Waals surface area contributed by atoms with Crippen LogP contribution in [-0.2, 0) is 13.3 Å². The maximum atomic E-state index is 6.33. The molecule has 3 nitrogen and oxygen atoms in total. The minimum atomic E-state index is -2.43. The van der Waals surface area contributed by atoms with E-state index in [-0.39, 0.29) is 0 Å². The molecule has 0 aliphatic rings. The second-order valence-corrected chi connectivity index (χ2v) is 14.3. The van der Waals surface area contributed by atoms with E-state index >= 15 is 0 Å². The Morgan fingerprint density at radius 1 is 0.824 bits per heavy atom. The van der Waals surface area contributed by atoms with Crippen molar-refractivity contribution in [2.75, 3.05) is 19.8 Å². The van der Waals surface area contributed by atoms with Gasteiger partial charge >= 0.3 is 8.80 Å². The van der Waals surface area contributed by atoms with Crippen molar-refractivity contribution < 1.29 is 13.3 Å². The summed E-state index contributed by atoms with van der Waals surface area (Å²) in [6.07, 6.45) is 1.04. The second-order valence-electron chi connectivity index (χ2n) is 4.55. The average molecular weight is 299 g/mol. The lowest BCUT2D eigenvalue weighted by atomic mass is 10.6. The summed E-state index contributed by atoms with van der Waals surface area (Å²) >= 11 is 6.33. The number of hydrogen-bond acceptors (Lipinski definition) is 3. The van der Waals surface area contributed by atoms with Gasteiger partial charge in [-0.2, -0.15) is 11.1 Å². The van der Waals surface area contributed by atoms with Gasteiger partial charge in [0.15, 0.2) is 0 Å². The number of rotatable bonds is 10. The van der Waals surface area contributed by atoms with Gasteiger partial charge in [0.1, 0.15) is 7.38 Å². The van der Waals surface area contributed by atoms with Crippen LogP contribution in [0.5, 0.6) is 0 Å². The molecule has 0 rings (SSSR count). The third-order valence-corrected chi connectivity index (χ3v) is 7.61. The lowest BCUT2D eigenvalue weighted by Crippen LogP contribution is -2.46. The van der Waals surface area contributed by atoms with E-state index in [1.165, 1.54) is 0 Å². The predicted molar refractivity (Wildman–Crippen MR) is 78.2 cm³/mol. The SMILES string of the molecule is CCO[Si](CCC[Si](C)(C)Cl)(OCC)OCC. The van der Waals surface area contributed by atoms with E-state index in [1.54, 1.807) is 0 Å². The molecule has 0 aromatic heterocycles. The molecule has 6 heteroatoms. The molecule has 0 bridgehead atoms. The Morgan fingerprint density at radius 2 is 1.24 bits per heavy atom. The summed E-state index contributed by atoms with van der Waals surface area (Å²) < 4.78 is 17.4. The Bertz CT molecular complexity index is 181. The molecule has 0 aromatic rings. The molecule has 0 N–H and O–H groups in total. The first-order chi connectivity index (χ1) is 7.89. The molecule has 0 atom stereocenters. The van der Waals surface area contributed by atoms with Gasteiger partial charge in [-0.05, 0) is 26.8 Å². The zero-order valence-corrected chi connectivity index (χ0v) is 14.6. The van der Waals surface area contributed by atoms with E-state index in [2.05, 4.69) is 13.1 Å². The highest BCUT2D eigenvalue weighted by Gasteiger charge is 2.40. The Labute approximate surface area is 113 Å². The van der Waals surface area contributed by atoms with Gasteiger partial charge in [0, 0.05) is 25.9 Å². The lowest BCUT2D eigenvalue weighted by Gasteiger charge is -2.29. The Hall–Kier alpha value is 0.604. The summed E-state index contributed by atoms with van der Waals surface area (Å²) in [6, 6.07) is 1.96. The summed E-state index contributed by atoms with van der Waals surface area (Å²) in [7, 11) is -3.93. The van der Waals surface area contributed by atoms with E-state index in [4.69, 9.17) is 24.4 Å². The molecule has 0 saturated heterocycles. The van der Waals surface area contributed by atoms with Crippen LogP contribution in [0.3, 0.4) is 0 Å². The molecular weight excluding hydrogens is 272 g/mol. The summed E-state index contributed by atoms with van der Waals surface area (Å²) in [5.41, 5.74) is 0. The van der Waals surface area contributed by atoms with Crippen molar-refractivity contribution in [3.05, 3.63) is 0 Å². The van der Waals surface area contributed by atoms with Crippen LogP contribution in [0, 0.1) is 0 Å². The standard InChI is InChI=1S/C11H27ClO3Si2/c1-6-13-17(14-7-2,15-8-3)11-9-10-16(4,5)12/h6-11H2,1-5H3. The molecule has 0 unspecified atom stereocenters. The van der Waals surface area contributed by atoms with E-state index in [0.29, 0.717) is 19.8 Å². The van der Waals surface area contributed by atoms with Crippen LogP contribution in [0.25, 0.3) is 0 Å². The van der Waals surface area contributed by atoms with Crippen molar-refractivity contribution in [1.29, 1.82) is 0 Å². The smallest absolute Gasteiger partial charge is 0.374 e. The van der Waals surface area contributed by atoms with Crippen molar-refractivity contribution in [3.63, 3.8) is 0 Å². The Kier molecular flexibility index (Phi) is 8.97. The fourth-order valence-corrected chi connectivity index (χ4v) is 6.11. The maximum Gasteiger partial charge on any atom is 0.500 e. The van der Waals surface area contributed by atoms with Crippen molar-refractivity contribution >= 4 is 27.3 Å². The van der Waals surface area contributed by atoms with Gasteiger partial charge in [0.05, 0.1) is 0 Å². The monoisotopic (exact) mass is 298 g/mol. The van der Waals surface area contributed by atoms with Gasteiger partial charge in [-0.25, -0.2) is 0 Å². The minimum absolute atomic E-state index is 0.647. The third kappa shape index (κ3) is 8.34. The predicted octanol–water partition coefficient (Wildman–Crippen LogP) is 3.87. The first-order valence-electron chi connectivity index (χ1n) is 6.50. The van der Waals surface area contributed by atoms with E-state index in [9.17, 15) is 0 Å². The normalized spacial score (nSPS) is 13.1. The third-order valence-electron chi connectivity index (χ3n) is 2.35. The van der Waals surface area contributed by atoms with Crippen LogP contribution >= 0.6 is 11.1 Å². The molecule has 0 amide bonds. The summed E-state index contributed by atoms with van der Waals surface area (Å²) in [4.78, 5) is 0. The Morgan fingerprint density at radius 3 is 1.53 bits per heavy atom. The lowest BCUT2D eigenvalue weighted by molar-refractivity contribution is 0.0711. The average Bonchev–Trinajstić information content (AvgIpc) is 2.16. The molecule has 0 saturated carbocycles. The molecule has 0 radical (unpaired) electrons. The molecule has 17 heavy (non-hydrogen) atoms. The molecular formula is C11H27ClO3Si2. The van der Waals surface area contributed by atoms with Gasteiger partial charge in [0.25, 0.3) is 0 Å². The van der Waals surface area contributed by atoms with E-state index in [1.807, 2.05) is 20.8 Å². The maximum absolute atomic E-state index is 6.33. The highest BCUT2D eigenvalue weighted by atomic mass is 35.6. The molecule has 104 valence electrons. The van der Waals surface area contributed by atoms with Crippen molar-refractivity contribution in [1.82, 2.24) is 0 Å². The Balaban J connectivity index is 4.33. The zero-order valence-electron chi connectivity index (χ0n) is 11.8. The summed E-state index contributed by atoms with van der Waals surface area (Å²) in [5, 5.41) is 0. The molecule has 0 fully saturated rings. The number of halogens is 1. The van der Waals surface area contributed by atoms with E-state index in [0.717, 1.165) is 18.5 Å². The van der Waals surface area contributed by atoms with Gasteiger partial charge in [-0.15, -0.1) is 0 Å². The molecule has 0 spiro atoms. The topological polar surface area (TPSA) is 27.7 Å². The van der Waals surface area contributed by atoms with Crippen molar-refractivity contribution in [3.8, 4) is 0 Å². The highest BCUT2D eigenvalue weighted by Crippen LogP contribution is 2.24. The first-order valence-corrected chi connectivity index (χ1v) is 12.6. The molecule has 0 aliphatic carbocycles. The zero-order chi connectivity index (χ0) is 13.4. The van der Waals surface area contributed by atoms with Crippen LogP contribution in [0.2, 0.25) is 25.2 Å². The van der Waals surface area contributed by atoms with Crippen molar-refractivity contribution in [2.45, 2.75) is 52.4 Å². The summed E-state index contributed by atoms with van der Waals surface area (Å²) in [5.74, 6) is 0. The van der Waals surface area contributed by atoms with Crippen LogP contribution in [0.15, 0.2) is 0 Å². The first kappa shape index (κ1) is 17.6. The van der Waals surface area contributed by atoms with Crippen LogP contribution in [0.1, 0.15) is 27.2 Å². The fourth-order valence-electron chi connectivity index (χ4n) is 1.73. The van der Waals surface area contributed by atoms with Gasteiger partial charge < -0.3 is 13.3 Å². The highest BCUT2D eigenvalue weighted by molar-refractivity contribution is 7.19. The van der Waals surface area contributed by atoms with Gasteiger partial charge in [0.2, 0.25) is 0 Å².